The molecule has 0 bridgehead atoms. The number of benzene rings is 1. The summed E-state index contributed by atoms with van der Waals surface area (Å²) in [5.41, 5.74) is 2.81. The molecule has 0 spiro atoms. The van der Waals surface area contributed by atoms with Crippen molar-refractivity contribution in [2.24, 2.45) is 5.84 Å². The molecule has 1 saturated heterocycles. The van der Waals surface area contributed by atoms with Crippen molar-refractivity contribution in [1.29, 1.82) is 0 Å². The number of hydrogen-bond acceptors (Lipinski definition) is 6. The van der Waals surface area contributed by atoms with E-state index in [4.69, 9.17) is 5.84 Å². The molecule has 1 aromatic carbocycles. The van der Waals surface area contributed by atoms with Gasteiger partial charge in [0.15, 0.2) is 0 Å². The van der Waals surface area contributed by atoms with Gasteiger partial charge < -0.3 is 15.6 Å². The summed E-state index contributed by atoms with van der Waals surface area (Å²) in [6.45, 7) is 1.84. The second kappa shape index (κ2) is 6.51. The van der Waals surface area contributed by atoms with Crippen LogP contribution >= 0.6 is 0 Å². The van der Waals surface area contributed by atoms with Gasteiger partial charge in [-0.3, -0.25) is 20.8 Å². The minimum Gasteiger partial charge on any atom is -0.349 e. The van der Waals surface area contributed by atoms with E-state index in [2.05, 4.69) is 15.6 Å². The molecule has 0 aliphatic carbocycles. The molecule has 1 aliphatic rings. The van der Waals surface area contributed by atoms with Crippen LogP contribution in [0, 0.1) is 10.1 Å². The van der Waals surface area contributed by atoms with Gasteiger partial charge in [0.25, 0.3) is 11.6 Å². The first-order chi connectivity index (χ1) is 10.0. The number of nitrogens with one attached hydrogen (secondary N) is 2. The number of hydrazine groups is 1. The average molecular weight is 293 g/mol. The number of nitro benzene ring substituents is 1. The molecule has 8 heteroatoms. The zero-order valence-electron chi connectivity index (χ0n) is 11.8. The Hall–Kier alpha value is -2.19. The van der Waals surface area contributed by atoms with E-state index in [1.165, 1.54) is 18.2 Å². The number of nitrogens with two attached hydrogens (primary N) is 1. The lowest BCUT2D eigenvalue weighted by atomic mass is 10.0. The highest BCUT2D eigenvalue weighted by Gasteiger charge is 2.22. The van der Waals surface area contributed by atoms with E-state index in [0.717, 1.165) is 25.9 Å². The highest BCUT2D eigenvalue weighted by molar-refractivity contribution is 6.00. The van der Waals surface area contributed by atoms with Crippen LogP contribution in [-0.2, 0) is 0 Å². The third kappa shape index (κ3) is 3.67. The summed E-state index contributed by atoms with van der Waals surface area (Å²) in [6.07, 6.45) is 1.73. The van der Waals surface area contributed by atoms with Gasteiger partial charge >= 0.3 is 0 Å². The van der Waals surface area contributed by atoms with Gasteiger partial charge in [-0.05, 0) is 39.0 Å². The summed E-state index contributed by atoms with van der Waals surface area (Å²) < 4.78 is 0. The minimum atomic E-state index is -0.535. The second-order valence-electron chi connectivity index (χ2n) is 5.18. The number of rotatable bonds is 4. The van der Waals surface area contributed by atoms with Crippen LogP contribution in [0.25, 0.3) is 0 Å². The molecule has 0 unspecified atom stereocenters. The Morgan fingerprint density at radius 3 is 2.67 bits per heavy atom. The normalized spacial score (nSPS) is 16.5. The summed E-state index contributed by atoms with van der Waals surface area (Å²) in [5.74, 6) is 5.01. The maximum Gasteiger partial charge on any atom is 0.270 e. The molecule has 0 atom stereocenters. The third-order valence-electron chi connectivity index (χ3n) is 3.67. The topological polar surface area (TPSA) is 114 Å². The van der Waals surface area contributed by atoms with Crippen LogP contribution in [0.1, 0.15) is 23.2 Å². The Balaban J connectivity index is 2.13. The van der Waals surface area contributed by atoms with E-state index in [1.54, 1.807) is 0 Å². The lowest BCUT2D eigenvalue weighted by molar-refractivity contribution is -0.384. The number of amides is 1. The number of anilines is 1. The summed E-state index contributed by atoms with van der Waals surface area (Å²) in [4.78, 5) is 24.8. The van der Waals surface area contributed by atoms with Crippen LogP contribution in [0.4, 0.5) is 11.4 Å². The standard InChI is InChI=1S/C13H19N5O3/c1-17-6-4-9(5-7-17)15-13(19)11-8-10(18(20)21)2-3-12(11)16-14/h2-3,8-9,16H,4-7,14H2,1H3,(H,15,19). The van der Waals surface area contributed by atoms with Crippen LogP contribution in [0.15, 0.2) is 18.2 Å². The van der Waals surface area contributed by atoms with Gasteiger partial charge in [-0.2, -0.15) is 0 Å². The highest BCUT2D eigenvalue weighted by atomic mass is 16.6. The zero-order valence-corrected chi connectivity index (χ0v) is 11.8. The van der Waals surface area contributed by atoms with E-state index >= 15 is 0 Å². The monoisotopic (exact) mass is 293 g/mol. The summed E-state index contributed by atoms with van der Waals surface area (Å²) >= 11 is 0. The van der Waals surface area contributed by atoms with Gasteiger partial charge in [0, 0.05) is 18.2 Å². The van der Waals surface area contributed by atoms with Crippen molar-refractivity contribution in [1.82, 2.24) is 10.2 Å². The van der Waals surface area contributed by atoms with E-state index in [0.29, 0.717) is 5.69 Å². The molecule has 4 N–H and O–H groups in total. The number of likely N-dealkylation sites (tertiary alicyclic amines) is 1. The minimum absolute atomic E-state index is 0.0820. The average Bonchev–Trinajstić information content (AvgIpc) is 2.48. The van der Waals surface area contributed by atoms with Gasteiger partial charge in [-0.1, -0.05) is 0 Å². The van der Waals surface area contributed by atoms with Gasteiger partial charge in [0.1, 0.15) is 0 Å². The molecule has 1 fully saturated rings. The summed E-state index contributed by atoms with van der Waals surface area (Å²) in [7, 11) is 2.04. The lowest BCUT2D eigenvalue weighted by Crippen LogP contribution is -2.43. The fraction of sp³-hybridized carbons (Fsp3) is 0.462. The number of piperidine rings is 1. The predicted octanol–water partition coefficient (Wildman–Crippen LogP) is 0.704. The molecule has 1 amide bonds. The van der Waals surface area contributed by atoms with E-state index in [9.17, 15) is 14.9 Å². The number of hydrogen-bond donors (Lipinski definition) is 3. The van der Waals surface area contributed by atoms with Crippen molar-refractivity contribution in [3.8, 4) is 0 Å². The smallest absolute Gasteiger partial charge is 0.270 e. The fourth-order valence-electron chi connectivity index (χ4n) is 2.38. The van der Waals surface area contributed by atoms with Crippen molar-refractivity contribution in [2.75, 3.05) is 25.6 Å². The van der Waals surface area contributed by atoms with Gasteiger partial charge in [-0.25, -0.2) is 0 Å². The van der Waals surface area contributed by atoms with Gasteiger partial charge in [-0.15, -0.1) is 0 Å². The van der Waals surface area contributed by atoms with Crippen molar-refractivity contribution < 1.29 is 9.72 Å². The molecule has 114 valence electrons. The maximum absolute atomic E-state index is 12.3. The van der Waals surface area contributed by atoms with E-state index < -0.39 is 4.92 Å². The molecular weight excluding hydrogens is 274 g/mol. The number of carbonyl (C=O) groups is 1. The van der Waals surface area contributed by atoms with Crippen LogP contribution in [0.5, 0.6) is 0 Å². The van der Waals surface area contributed by atoms with Crippen LogP contribution in [-0.4, -0.2) is 41.9 Å². The van der Waals surface area contributed by atoms with Gasteiger partial charge in [0.05, 0.1) is 16.2 Å². The molecule has 21 heavy (non-hydrogen) atoms. The Morgan fingerprint density at radius 1 is 1.43 bits per heavy atom. The van der Waals surface area contributed by atoms with Crippen LogP contribution in [0.3, 0.4) is 0 Å². The molecule has 0 aromatic heterocycles. The van der Waals surface area contributed by atoms with E-state index in [-0.39, 0.29) is 23.2 Å². The lowest BCUT2D eigenvalue weighted by Gasteiger charge is -2.29. The molecule has 1 aromatic rings. The molecular formula is C13H19N5O3. The first-order valence-corrected chi connectivity index (χ1v) is 6.75. The van der Waals surface area contributed by atoms with Crippen molar-refractivity contribution in [3.05, 3.63) is 33.9 Å². The number of nitrogen functional groups attached to an aromatic ring is 1. The molecule has 0 saturated carbocycles. The Bertz CT molecular complexity index is 541. The molecule has 1 heterocycles. The Morgan fingerprint density at radius 2 is 2.10 bits per heavy atom. The SMILES string of the molecule is CN1CCC(NC(=O)c2cc([N+](=O)[O-])ccc2NN)CC1. The van der Waals surface area contributed by atoms with E-state index in [1.807, 2.05) is 7.05 Å². The van der Waals surface area contributed by atoms with Gasteiger partial charge in [0.2, 0.25) is 0 Å². The van der Waals surface area contributed by atoms with Crippen molar-refractivity contribution in [3.63, 3.8) is 0 Å². The number of non-ortho nitro benzene ring substituents is 1. The first-order valence-electron chi connectivity index (χ1n) is 6.75. The third-order valence-corrected chi connectivity index (χ3v) is 3.67. The molecule has 2 rings (SSSR count). The van der Waals surface area contributed by atoms with Crippen molar-refractivity contribution >= 4 is 17.3 Å². The second-order valence-corrected chi connectivity index (χ2v) is 5.18. The molecule has 0 radical (unpaired) electrons. The maximum atomic E-state index is 12.3. The summed E-state index contributed by atoms with van der Waals surface area (Å²) in [5, 5.41) is 13.7. The van der Waals surface area contributed by atoms with Crippen LogP contribution < -0.4 is 16.6 Å². The highest BCUT2D eigenvalue weighted by Crippen LogP contribution is 2.22. The largest absolute Gasteiger partial charge is 0.349 e. The Kier molecular flexibility index (Phi) is 4.71. The molecule has 8 nitrogen and oxygen atoms in total. The number of carbonyl (C=O) groups excluding carboxylic acids is 1. The molecule has 1 aliphatic heterocycles. The number of nitrogens with zero attached hydrogens (tertiary/aromatic N) is 2. The first kappa shape index (κ1) is 15.2. The number of nitro groups is 1. The Labute approximate surface area is 122 Å². The fourth-order valence-corrected chi connectivity index (χ4v) is 2.38. The quantitative estimate of drug-likeness (QED) is 0.428. The summed E-state index contributed by atoms with van der Waals surface area (Å²) in [6, 6.07) is 4.06. The predicted molar refractivity (Wildman–Crippen MR) is 78.9 cm³/mol. The zero-order chi connectivity index (χ0) is 15.4. The van der Waals surface area contributed by atoms with Crippen LogP contribution in [0.2, 0.25) is 0 Å². The van der Waals surface area contributed by atoms with Crippen molar-refractivity contribution in [2.45, 2.75) is 18.9 Å².